The molecule has 1 aliphatic rings. The summed E-state index contributed by atoms with van der Waals surface area (Å²) in [6, 6.07) is 9.37. The summed E-state index contributed by atoms with van der Waals surface area (Å²) < 4.78 is 10.6. The monoisotopic (exact) mass is 207 g/mol. The maximum Gasteiger partial charge on any atom is 0.309 e. The molecule has 0 saturated carbocycles. The van der Waals surface area contributed by atoms with Gasteiger partial charge in [-0.1, -0.05) is 18.2 Å². The van der Waals surface area contributed by atoms with Crippen LogP contribution in [0.2, 0.25) is 0 Å². The molecule has 1 aromatic rings. The summed E-state index contributed by atoms with van der Waals surface area (Å²) in [7, 11) is 0. The lowest BCUT2D eigenvalue weighted by Gasteiger charge is -2.33. The highest BCUT2D eigenvalue weighted by Gasteiger charge is 2.34. The molecule has 4 heteroatoms. The number of nitrogens with one attached hydrogen (secondary N) is 1. The van der Waals surface area contributed by atoms with Gasteiger partial charge in [0.05, 0.1) is 13.2 Å². The summed E-state index contributed by atoms with van der Waals surface area (Å²) in [5.41, 5.74) is 0.798. The van der Waals surface area contributed by atoms with Crippen molar-refractivity contribution in [1.82, 2.24) is 0 Å². The molecule has 0 unspecified atom stereocenters. The lowest BCUT2D eigenvalue weighted by Crippen LogP contribution is -2.49. The van der Waals surface area contributed by atoms with Gasteiger partial charge in [0.1, 0.15) is 0 Å². The lowest BCUT2D eigenvalue weighted by atomic mass is 10.3. The van der Waals surface area contributed by atoms with Crippen LogP contribution < -0.4 is 5.32 Å². The molecule has 0 radical (unpaired) electrons. The Hall–Kier alpha value is -1.39. The standard InChI is InChI=1S/C11H13NO3/c13-9-11(14-7-4-8-15-11)12-10-5-2-1-3-6-10/h1-3,5-6,9,12H,4,7-8H2. The summed E-state index contributed by atoms with van der Waals surface area (Å²) in [5.74, 6) is -1.31. The number of aldehydes is 1. The zero-order valence-corrected chi connectivity index (χ0v) is 8.31. The van der Waals surface area contributed by atoms with E-state index in [1.54, 1.807) is 0 Å². The van der Waals surface area contributed by atoms with Gasteiger partial charge in [-0.2, -0.15) is 0 Å². The van der Waals surface area contributed by atoms with Crippen LogP contribution in [0.3, 0.4) is 0 Å². The quantitative estimate of drug-likeness (QED) is 0.761. The van der Waals surface area contributed by atoms with Gasteiger partial charge in [0.15, 0.2) is 0 Å². The van der Waals surface area contributed by atoms with Crippen LogP contribution in [0.15, 0.2) is 30.3 Å². The fourth-order valence-electron chi connectivity index (χ4n) is 1.44. The number of carbonyl (C=O) groups is 1. The second kappa shape index (κ2) is 4.42. The van der Waals surface area contributed by atoms with Crippen molar-refractivity contribution in [2.75, 3.05) is 18.5 Å². The Morgan fingerprint density at radius 2 is 1.87 bits per heavy atom. The van der Waals surface area contributed by atoms with Crippen molar-refractivity contribution < 1.29 is 14.3 Å². The predicted octanol–water partition coefficient (Wildman–Crippen LogP) is 1.39. The second-order valence-corrected chi connectivity index (χ2v) is 3.33. The molecule has 0 atom stereocenters. The third kappa shape index (κ3) is 2.34. The Kier molecular flexibility index (Phi) is 2.99. The molecule has 1 fully saturated rings. The number of hydrogen-bond donors (Lipinski definition) is 1. The highest BCUT2D eigenvalue weighted by atomic mass is 16.7. The molecule has 0 amide bonds. The third-order valence-corrected chi connectivity index (χ3v) is 2.17. The van der Waals surface area contributed by atoms with Crippen LogP contribution in [0.25, 0.3) is 0 Å². The van der Waals surface area contributed by atoms with Crippen molar-refractivity contribution in [2.45, 2.75) is 12.3 Å². The molecule has 0 aliphatic carbocycles. The van der Waals surface area contributed by atoms with E-state index in [4.69, 9.17) is 9.47 Å². The number of rotatable bonds is 3. The Balaban J connectivity index is 2.10. The minimum absolute atomic E-state index is 0.526. The van der Waals surface area contributed by atoms with E-state index in [2.05, 4.69) is 5.32 Å². The SMILES string of the molecule is O=CC1(Nc2ccccc2)OCCCO1. The van der Waals surface area contributed by atoms with E-state index in [1.807, 2.05) is 30.3 Å². The normalized spacial score (nSPS) is 19.5. The molecule has 0 spiro atoms. The third-order valence-electron chi connectivity index (χ3n) is 2.17. The highest BCUT2D eigenvalue weighted by molar-refractivity contribution is 5.66. The van der Waals surface area contributed by atoms with Gasteiger partial charge >= 0.3 is 5.91 Å². The Morgan fingerprint density at radius 1 is 1.20 bits per heavy atom. The minimum Gasteiger partial charge on any atom is -0.328 e. The van der Waals surface area contributed by atoms with Gasteiger partial charge in [-0.25, -0.2) is 0 Å². The Labute approximate surface area is 88.2 Å². The fraction of sp³-hybridized carbons (Fsp3) is 0.364. The summed E-state index contributed by atoms with van der Waals surface area (Å²) in [5, 5.41) is 2.93. The average molecular weight is 207 g/mol. The van der Waals surface area contributed by atoms with E-state index in [9.17, 15) is 4.79 Å². The van der Waals surface area contributed by atoms with Gasteiger partial charge in [0.25, 0.3) is 0 Å². The van der Waals surface area contributed by atoms with Crippen molar-refractivity contribution in [2.24, 2.45) is 0 Å². The zero-order valence-electron chi connectivity index (χ0n) is 8.31. The van der Waals surface area contributed by atoms with Gasteiger partial charge in [-0.3, -0.25) is 4.79 Å². The van der Waals surface area contributed by atoms with Crippen LogP contribution >= 0.6 is 0 Å². The molecule has 1 saturated heterocycles. The maximum atomic E-state index is 11.0. The first-order valence-electron chi connectivity index (χ1n) is 4.92. The molecular formula is C11H13NO3. The number of para-hydroxylation sites is 1. The van der Waals surface area contributed by atoms with Gasteiger partial charge in [-0.05, 0) is 18.6 Å². The van der Waals surface area contributed by atoms with Crippen LogP contribution in [0, 0.1) is 0 Å². The second-order valence-electron chi connectivity index (χ2n) is 3.33. The highest BCUT2D eigenvalue weighted by Crippen LogP contribution is 2.19. The number of anilines is 1. The zero-order chi connectivity index (χ0) is 10.6. The van der Waals surface area contributed by atoms with E-state index in [1.165, 1.54) is 0 Å². The average Bonchev–Trinajstić information content (AvgIpc) is 2.32. The topological polar surface area (TPSA) is 47.6 Å². The summed E-state index contributed by atoms with van der Waals surface area (Å²) in [6.07, 6.45) is 1.46. The van der Waals surface area contributed by atoms with Gasteiger partial charge < -0.3 is 14.8 Å². The lowest BCUT2D eigenvalue weighted by molar-refractivity contribution is -0.229. The molecule has 2 rings (SSSR count). The number of ether oxygens (including phenoxy) is 2. The maximum absolute atomic E-state index is 11.0. The van der Waals surface area contributed by atoms with E-state index in [-0.39, 0.29) is 0 Å². The van der Waals surface area contributed by atoms with Crippen LogP contribution in [0.1, 0.15) is 6.42 Å². The van der Waals surface area contributed by atoms with Crippen molar-refractivity contribution in [3.63, 3.8) is 0 Å². The van der Waals surface area contributed by atoms with Crippen molar-refractivity contribution in [3.05, 3.63) is 30.3 Å². The fourth-order valence-corrected chi connectivity index (χ4v) is 1.44. The Bertz CT molecular complexity index is 320. The largest absolute Gasteiger partial charge is 0.328 e. The van der Waals surface area contributed by atoms with Gasteiger partial charge in [0, 0.05) is 5.69 Å². The molecule has 4 nitrogen and oxygen atoms in total. The summed E-state index contributed by atoms with van der Waals surface area (Å²) >= 11 is 0. The molecule has 0 aromatic heterocycles. The number of benzene rings is 1. The number of hydrogen-bond acceptors (Lipinski definition) is 4. The van der Waals surface area contributed by atoms with E-state index >= 15 is 0 Å². The summed E-state index contributed by atoms with van der Waals surface area (Å²) in [4.78, 5) is 11.0. The molecule has 1 aliphatic heterocycles. The predicted molar refractivity (Wildman–Crippen MR) is 55.4 cm³/mol. The van der Waals surface area contributed by atoms with Crippen molar-refractivity contribution >= 4 is 12.0 Å². The first-order chi connectivity index (χ1) is 7.35. The first-order valence-corrected chi connectivity index (χ1v) is 4.92. The Morgan fingerprint density at radius 3 is 2.47 bits per heavy atom. The molecule has 15 heavy (non-hydrogen) atoms. The van der Waals surface area contributed by atoms with Crippen molar-refractivity contribution in [3.8, 4) is 0 Å². The van der Waals surface area contributed by atoms with Crippen LogP contribution in [0.4, 0.5) is 5.69 Å². The summed E-state index contributed by atoms with van der Waals surface area (Å²) in [6.45, 7) is 1.05. The minimum atomic E-state index is -1.31. The van der Waals surface area contributed by atoms with Crippen LogP contribution in [-0.2, 0) is 14.3 Å². The smallest absolute Gasteiger partial charge is 0.309 e. The molecule has 80 valence electrons. The molecule has 1 N–H and O–H groups in total. The van der Waals surface area contributed by atoms with Gasteiger partial charge in [0.2, 0.25) is 6.29 Å². The van der Waals surface area contributed by atoms with E-state index < -0.39 is 5.91 Å². The van der Waals surface area contributed by atoms with Crippen LogP contribution in [0.5, 0.6) is 0 Å². The van der Waals surface area contributed by atoms with E-state index in [0.29, 0.717) is 19.5 Å². The van der Waals surface area contributed by atoms with Gasteiger partial charge in [-0.15, -0.1) is 0 Å². The first kappa shape index (κ1) is 10.1. The van der Waals surface area contributed by atoms with Crippen LogP contribution in [-0.4, -0.2) is 25.4 Å². The molecule has 1 heterocycles. The molecule has 0 bridgehead atoms. The number of carbonyl (C=O) groups excluding carboxylic acids is 1. The molecule has 1 aromatic carbocycles. The van der Waals surface area contributed by atoms with Crippen molar-refractivity contribution in [1.29, 1.82) is 0 Å². The molecular weight excluding hydrogens is 194 g/mol. The van der Waals surface area contributed by atoms with E-state index in [0.717, 1.165) is 12.1 Å².